The quantitative estimate of drug-likeness (QED) is 0.892. The van der Waals surface area contributed by atoms with Crippen molar-refractivity contribution >= 4 is 5.82 Å². The largest absolute Gasteiger partial charge is 0.373 e. The van der Waals surface area contributed by atoms with Crippen LogP contribution >= 0.6 is 0 Å². The predicted molar refractivity (Wildman–Crippen MR) is 73.7 cm³/mol. The molecule has 0 saturated heterocycles. The molecule has 2 aromatic rings. The fourth-order valence-electron chi connectivity index (χ4n) is 2.17. The zero-order chi connectivity index (χ0) is 12.5. The van der Waals surface area contributed by atoms with E-state index in [1.165, 1.54) is 18.4 Å². The molecule has 0 amide bonds. The van der Waals surface area contributed by atoms with Crippen LogP contribution in [0.3, 0.4) is 0 Å². The number of aromatic nitrogens is 2. The van der Waals surface area contributed by atoms with Gasteiger partial charge in [-0.2, -0.15) is 0 Å². The van der Waals surface area contributed by atoms with E-state index in [0.29, 0.717) is 0 Å². The van der Waals surface area contributed by atoms with Crippen LogP contribution in [0.1, 0.15) is 30.0 Å². The third-order valence-corrected chi connectivity index (χ3v) is 3.30. The molecule has 1 fully saturated rings. The van der Waals surface area contributed by atoms with Crippen molar-refractivity contribution in [1.29, 1.82) is 0 Å². The average Bonchev–Trinajstić information content (AvgIpc) is 3.22. The number of rotatable bonds is 3. The molecular formula is C15H17N3. The number of benzene rings is 1. The number of nitrogens with zero attached hydrogens (tertiary/aromatic N) is 2. The maximum atomic E-state index is 4.52. The van der Waals surface area contributed by atoms with Gasteiger partial charge in [0.25, 0.3) is 0 Å². The van der Waals surface area contributed by atoms with E-state index in [-0.39, 0.29) is 0 Å². The number of hydrogen-bond acceptors (Lipinski definition) is 3. The standard InChI is InChI=1S/C15H17N3/c1-10-8-14(16-2)18-15(17-10)13-5-3-4-12(9-13)11-6-7-11/h3-5,8-9,11H,6-7H2,1-2H3,(H,16,17,18). The second kappa shape index (κ2) is 4.41. The first-order valence-electron chi connectivity index (χ1n) is 6.40. The Balaban J connectivity index is 2.02. The highest BCUT2D eigenvalue weighted by Crippen LogP contribution is 2.40. The van der Waals surface area contributed by atoms with Gasteiger partial charge in [0.2, 0.25) is 0 Å². The maximum absolute atomic E-state index is 4.52. The molecule has 1 heterocycles. The molecule has 3 heteroatoms. The third kappa shape index (κ3) is 2.21. The minimum absolute atomic E-state index is 0.763. The second-order valence-electron chi connectivity index (χ2n) is 4.87. The lowest BCUT2D eigenvalue weighted by Gasteiger charge is -2.07. The van der Waals surface area contributed by atoms with Gasteiger partial charge in [0.1, 0.15) is 5.82 Å². The second-order valence-corrected chi connectivity index (χ2v) is 4.87. The van der Waals surface area contributed by atoms with Crippen molar-refractivity contribution in [2.45, 2.75) is 25.7 Å². The molecule has 0 bridgehead atoms. The number of aryl methyl sites for hydroxylation is 1. The summed E-state index contributed by atoms with van der Waals surface area (Å²) in [6.45, 7) is 2.00. The summed E-state index contributed by atoms with van der Waals surface area (Å²) in [4.78, 5) is 9.04. The average molecular weight is 239 g/mol. The Morgan fingerprint density at radius 1 is 1.17 bits per heavy atom. The molecule has 1 N–H and O–H groups in total. The lowest BCUT2D eigenvalue weighted by Crippen LogP contribution is -1.98. The SMILES string of the molecule is CNc1cc(C)nc(-c2cccc(C3CC3)c2)n1. The lowest BCUT2D eigenvalue weighted by molar-refractivity contribution is 1.09. The molecule has 1 saturated carbocycles. The molecular weight excluding hydrogens is 222 g/mol. The lowest BCUT2D eigenvalue weighted by atomic mass is 10.1. The van der Waals surface area contributed by atoms with Crippen molar-refractivity contribution in [3.05, 3.63) is 41.6 Å². The summed E-state index contributed by atoms with van der Waals surface area (Å²) in [5.41, 5.74) is 3.52. The van der Waals surface area contributed by atoms with Crippen LogP contribution in [0.2, 0.25) is 0 Å². The molecule has 3 rings (SSSR count). The zero-order valence-corrected chi connectivity index (χ0v) is 10.8. The summed E-state index contributed by atoms with van der Waals surface area (Å²) in [5.74, 6) is 2.44. The molecule has 0 unspecified atom stereocenters. The molecule has 18 heavy (non-hydrogen) atoms. The van der Waals surface area contributed by atoms with Crippen LogP contribution in [0.5, 0.6) is 0 Å². The summed E-state index contributed by atoms with van der Waals surface area (Å²) in [6, 6.07) is 10.6. The molecule has 1 aromatic heterocycles. The van der Waals surface area contributed by atoms with Gasteiger partial charge in [-0.1, -0.05) is 18.2 Å². The molecule has 0 atom stereocenters. The van der Waals surface area contributed by atoms with E-state index >= 15 is 0 Å². The minimum atomic E-state index is 0.763. The molecule has 0 aliphatic heterocycles. The first kappa shape index (κ1) is 11.2. The molecule has 92 valence electrons. The molecule has 1 aliphatic carbocycles. The van der Waals surface area contributed by atoms with Crippen molar-refractivity contribution < 1.29 is 0 Å². The molecule has 3 nitrogen and oxygen atoms in total. The first-order valence-corrected chi connectivity index (χ1v) is 6.40. The highest BCUT2D eigenvalue weighted by Gasteiger charge is 2.23. The highest BCUT2D eigenvalue weighted by atomic mass is 15.0. The van der Waals surface area contributed by atoms with Crippen LogP contribution in [0.25, 0.3) is 11.4 Å². The fraction of sp³-hybridized carbons (Fsp3) is 0.333. The van der Waals surface area contributed by atoms with Gasteiger partial charge < -0.3 is 5.32 Å². The van der Waals surface area contributed by atoms with Crippen molar-refractivity contribution in [1.82, 2.24) is 9.97 Å². The van der Waals surface area contributed by atoms with Crippen LogP contribution in [-0.4, -0.2) is 17.0 Å². The smallest absolute Gasteiger partial charge is 0.161 e. The zero-order valence-electron chi connectivity index (χ0n) is 10.8. The van der Waals surface area contributed by atoms with Gasteiger partial charge in [-0.05, 0) is 37.3 Å². The van der Waals surface area contributed by atoms with Crippen LogP contribution in [0.15, 0.2) is 30.3 Å². The van der Waals surface area contributed by atoms with Gasteiger partial charge >= 0.3 is 0 Å². The monoisotopic (exact) mass is 239 g/mol. The summed E-state index contributed by atoms with van der Waals surface area (Å²) in [6.07, 6.45) is 2.64. The van der Waals surface area contributed by atoms with Crippen molar-refractivity contribution in [2.75, 3.05) is 12.4 Å². The normalized spacial score (nSPS) is 14.6. The van der Waals surface area contributed by atoms with Crippen LogP contribution < -0.4 is 5.32 Å². The van der Waals surface area contributed by atoms with E-state index in [2.05, 4.69) is 39.6 Å². The highest BCUT2D eigenvalue weighted by molar-refractivity contribution is 5.59. The Labute approximate surface area is 107 Å². The molecule has 0 radical (unpaired) electrons. The van der Waals surface area contributed by atoms with Crippen LogP contribution in [-0.2, 0) is 0 Å². The van der Waals surface area contributed by atoms with Gasteiger partial charge in [-0.15, -0.1) is 0 Å². The fourth-order valence-corrected chi connectivity index (χ4v) is 2.17. The summed E-state index contributed by atoms with van der Waals surface area (Å²) < 4.78 is 0. The summed E-state index contributed by atoms with van der Waals surface area (Å²) in [7, 11) is 1.88. The first-order chi connectivity index (χ1) is 8.76. The molecule has 0 spiro atoms. The van der Waals surface area contributed by atoms with E-state index in [4.69, 9.17) is 0 Å². The third-order valence-electron chi connectivity index (χ3n) is 3.30. The van der Waals surface area contributed by atoms with Crippen LogP contribution in [0, 0.1) is 6.92 Å². The van der Waals surface area contributed by atoms with E-state index < -0.39 is 0 Å². The van der Waals surface area contributed by atoms with Gasteiger partial charge in [0, 0.05) is 24.4 Å². The predicted octanol–water partition coefficient (Wildman–Crippen LogP) is 3.37. The van der Waals surface area contributed by atoms with E-state index in [1.807, 2.05) is 20.0 Å². The number of hydrogen-bond donors (Lipinski definition) is 1. The van der Waals surface area contributed by atoms with Gasteiger partial charge in [0.05, 0.1) is 0 Å². The van der Waals surface area contributed by atoms with Crippen LogP contribution in [0.4, 0.5) is 5.82 Å². The van der Waals surface area contributed by atoms with Crippen molar-refractivity contribution in [3.8, 4) is 11.4 Å². The Morgan fingerprint density at radius 3 is 2.72 bits per heavy atom. The molecule has 1 aromatic carbocycles. The van der Waals surface area contributed by atoms with Gasteiger partial charge in [-0.3, -0.25) is 0 Å². The Morgan fingerprint density at radius 2 is 2.00 bits per heavy atom. The maximum Gasteiger partial charge on any atom is 0.161 e. The van der Waals surface area contributed by atoms with Gasteiger partial charge in [-0.25, -0.2) is 9.97 Å². The molecule has 1 aliphatic rings. The van der Waals surface area contributed by atoms with E-state index in [0.717, 1.165) is 28.8 Å². The summed E-state index contributed by atoms with van der Waals surface area (Å²) in [5, 5.41) is 3.08. The summed E-state index contributed by atoms with van der Waals surface area (Å²) >= 11 is 0. The van der Waals surface area contributed by atoms with Crippen molar-refractivity contribution in [2.24, 2.45) is 0 Å². The van der Waals surface area contributed by atoms with E-state index in [9.17, 15) is 0 Å². The number of anilines is 1. The Bertz CT molecular complexity index is 574. The minimum Gasteiger partial charge on any atom is -0.373 e. The topological polar surface area (TPSA) is 37.8 Å². The van der Waals surface area contributed by atoms with Crippen molar-refractivity contribution in [3.63, 3.8) is 0 Å². The van der Waals surface area contributed by atoms with Gasteiger partial charge in [0.15, 0.2) is 5.82 Å². The van der Waals surface area contributed by atoms with E-state index in [1.54, 1.807) is 0 Å². The Hall–Kier alpha value is -1.90. The Kier molecular flexibility index (Phi) is 2.74. The number of nitrogens with one attached hydrogen (secondary N) is 1.